The lowest BCUT2D eigenvalue weighted by Crippen LogP contribution is -2.23. The zero-order valence-corrected chi connectivity index (χ0v) is 13.7. The summed E-state index contributed by atoms with van der Waals surface area (Å²) in [5.74, 6) is 1.42. The molecule has 3 unspecified atom stereocenters. The number of rotatable bonds is 6. The van der Waals surface area contributed by atoms with Gasteiger partial charge in [-0.2, -0.15) is 0 Å². The smallest absolute Gasteiger partial charge is 0.102 e. The Labute approximate surface area is 129 Å². The fourth-order valence-electron chi connectivity index (χ4n) is 3.20. The van der Waals surface area contributed by atoms with Crippen molar-refractivity contribution in [3.05, 3.63) is 35.4 Å². The highest BCUT2D eigenvalue weighted by Crippen LogP contribution is 2.26. The van der Waals surface area contributed by atoms with Crippen LogP contribution >= 0.6 is 0 Å². The number of hydrogen-bond donors (Lipinski definition) is 1. The van der Waals surface area contributed by atoms with Gasteiger partial charge in [0.2, 0.25) is 0 Å². The summed E-state index contributed by atoms with van der Waals surface area (Å²) in [4.78, 5) is 0. The summed E-state index contributed by atoms with van der Waals surface area (Å²) in [5.41, 5.74) is 2.30. The third-order valence-corrected chi connectivity index (χ3v) is 4.39. The van der Waals surface area contributed by atoms with Crippen LogP contribution in [-0.4, -0.2) is 17.8 Å². The number of aliphatic hydroxyl groups is 1. The molecule has 0 aliphatic heterocycles. The van der Waals surface area contributed by atoms with Gasteiger partial charge in [-0.3, -0.25) is 0 Å². The normalized spacial score (nSPS) is 24.2. The van der Waals surface area contributed by atoms with Crippen molar-refractivity contribution in [2.24, 2.45) is 11.8 Å². The predicted octanol–water partition coefficient (Wildman–Crippen LogP) is 4.51. The first kappa shape index (κ1) is 16.5. The third-order valence-electron chi connectivity index (χ3n) is 4.39. The Morgan fingerprint density at radius 2 is 1.90 bits per heavy atom. The number of ether oxygens (including phenoxy) is 1. The van der Waals surface area contributed by atoms with Crippen LogP contribution in [0.4, 0.5) is 0 Å². The van der Waals surface area contributed by atoms with E-state index in [1.54, 1.807) is 0 Å². The van der Waals surface area contributed by atoms with Crippen molar-refractivity contribution >= 4 is 0 Å². The molecule has 0 radical (unpaired) electrons. The summed E-state index contributed by atoms with van der Waals surface area (Å²) in [6, 6.07) is 8.33. The first-order valence-corrected chi connectivity index (χ1v) is 8.43. The quantitative estimate of drug-likeness (QED) is 0.835. The minimum atomic E-state index is -0.504. The first-order valence-electron chi connectivity index (χ1n) is 8.43. The third kappa shape index (κ3) is 5.44. The second-order valence-electron chi connectivity index (χ2n) is 7.08. The standard InChI is InChI=1S/C19H30O2/c1-14(2)11-16-7-9-17(10-8-16)19(20)13-21-18-6-4-5-15(3)12-18/h7-10,14-15,18-20H,4-6,11-13H2,1-3H3. The van der Waals surface area contributed by atoms with Gasteiger partial charge in [0.05, 0.1) is 12.7 Å². The van der Waals surface area contributed by atoms with Crippen molar-refractivity contribution in [2.75, 3.05) is 6.61 Å². The van der Waals surface area contributed by atoms with Gasteiger partial charge in [-0.15, -0.1) is 0 Å². The molecule has 2 heteroatoms. The van der Waals surface area contributed by atoms with Gasteiger partial charge in [-0.25, -0.2) is 0 Å². The Morgan fingerprint density at radius 1 is 1.19 bits per heavy atom. The van der Waals surface area contributed by atoms with Gasteiger partial charge >= 0.3 is 0 Å². The van der Waals surface area contributed by atoms with Crippen molar-refractivity contribution in [3.63, 3.8) is 0 Å². The van der Waals surface area contributed by atoms with Gasteiger partial charge < -0.3 is 9.84 Å². The average molecular weight is 290 g/mol. The second kappa shape index (κ2) is 7.95. The molecule has 21 heavy (non-hydrogen) atoms. The van der Waals surface area contributed by atoms with E-state index in [1.807, 2.05) is 12.1 Å². The fourth-order valence-corrected chi connectivity index (χ4v) is 3.20. The molecular formula is C19H30O2. The number of benzene rings is 1. The molecular weight excluding hydrogens is 260 g/mol. The van der Waals surface area contributed by atoms with Crippen molar-refractivity contribution in [2.45, 2.75) is 65.1 Å². The van der Waals surface area contributed by atoms with Crippen LogP contribution in [0.15, 0.2) is 24.3 Å². The van der Waals surface area contributed by atoms with E-state index in [0.29, 0.717) is 18.6 Å². The van der Waals surface area contributed by atoms with E-state index in [1.165, 1.54) is 18.4 Å². The molecule has 1 fully saturated rings. The molecule has 0 aromatic heterocycles. The van der Waals surface area contributed by atoms with E-state index in [-0.39, 0.29) is 0 Å². The number of hydrogen-bond acceptors (Lipinski definition) is 2. The van der Waals surface area contributed by atoms with Crippen LogP contribution in [0, 0.1) is 11.8 Å². The van der Waals surface area contributed by atoms with E-state index in [0.717, 1.165) is 30.7 Å². The minimum Gasteiger partial charge on any atom is -0.386 e. The molecule has 3 atom stereocenters. The lowest BCUT2D eigenvalue weighted by molar-refractivity contribution is -0.0322. The molecule has 1 aliphatic carbocycles. The summed E-state index contributed by atoms with van der Waals surface area (Å²) in [5, 5.41) is 10.3. The van der Waals surface area contributed by atoms with E-state index in [2.05, 4.69) is 32.9 Å². The maximum Gasteiger partial charge on any atom is 0.102 e. The van der Waals surface area contributed by atoms with Crippen LogP contribution in [0.1, 0.15) is 63.7 Å². The zero-order valence-electron chi connectivity index (χ0n) is 13.7. The molecule has 0 heterocycles. The van der Waals surface area contributed by atoms with Crippen LogP contribution in [0.25, 0.3) is 0 Å². The molecule has 2 nitrogen and oxygen atoms in total. The molecule has 1 saturated carbocycles. The van der Waals surface area contributed by atoms with E-state index in [4.69, 9.17) is 4.74 Å². The summed E-state index contributed by atoms with van der Waals surface area (Å²) >= 11 is 0. The predicted molar refractivity (Wildman–Crippen MR) is 87.3 cm³/mol. The molecule has 0 spiro atoms. The van der Waals surface area contributed by atoms with Crippen LogP contribution in [0.2, 0.25) is 0 Å². The molecule has 2 rings (SSSR count). The maximum absolute atomic E-state index is 10.3. The Balaban J connectivity index is 1.81. The highest BCUT2D eigenvalue weighted by molar-refractivity contribution is 5.24. The summed E-state index contributed by atoms with van der Waals surface area (Å²) in [6.07, 6.45) is 5.78. The first-order chi connectivity index (χ1) is 10.0. The van der Waals surface area contributed by atoms with Crippen molar-refractivity contribution in [1.29, 1.82) is 0 Å². The maximum atomic E-state index is 10.3. The summed E-state index contributed by atoms with van der Waals surface area (Å²) in [6.45, 7) is 7.16. The van der Waals surface area contributed by atoms with Gasteiger partial charge in [0.15, 0.2) is 0 Å². The number of aliphatic hydroxyl groups excluding tert-OH is 1. The molecule has 0 bridgehead atoms. The summed E-state index contributed by atoms with van der Waals surface area (Å²) in [7, 11) is 0. The SMILES string of the molecule is CC(C)Cc1ccc(C(O)COC2CCCC(C)C2)cc1. The van der Waals surface area contributed by atoms with Crippen molar-refractivity contribution in [1.82, 2.24) is 0 Å². The topological polar surface area (TPSA) is 29.5 Å². The molecule has 1 N–H and O–H groups in total. The fraction of sp³-hybridized carbons (Fsp3) is 0.684. The second-order valence-corrected chi connectivity index (χ2v) is 7.08. The lowest BCUT2D eigenvalue weighted by Gasteiger charge is -2.27. The van der Waals surface area contributed by atoms with Gasteiger partial charge in [-0.1, -0.05) is 57.9 Å². The van der Waals surface area contributed by atoms with Gasteiger partial charge in [-0.05, 0) is 42.2 Å². The molecule has 0 amide bonds. The Kier molecular flexibility index (Phi) is 6.25. The van der Waals surface area contributed by atoms with Crippen LogP contribution in [-0.2, 0) is 11.2 Å². The van der Waals surface area contributed by atoms with E-state index >= 15 is 0 Å². The molecule has 1 aliphatic rings. The van der Waals surface area contributed by atoms with Crippen LogP contribution in [0.5, 0.6) is 0 Å². The van der Waals surface area contributed by atoms with Crippen molar-refractivity contribution in [3.8, 4) is 0 Å². The Hall–Kier alpha value is -0.860. The largest absolute Gasteiger partial charge is 0.386 e. The zero-order chi connectivity index (χ0) is 15.2. The average Bonchev–Trinajstić information content (AvgIpc) is 2.45. The Morgan fingerprint density at radius 3 is 2.52 bits per heavy atom. The molecule has 0 saturated heterocycles. The summed E-state index contributed by atoms with van der Waals surface area (Å²) < 4.78 is 5.91. The van der Waals surface area contributed by atoms with E-state index < -0.39 is 6.10 Å². The highest BCUT2D eigenvalue weighted by Gasteiger charge is 2.20. The van der Waals surface area contributed by atoms with Gasteiger partial charge in [0, 0.05) is 0 Å². The lowest BCUT2D eigenvalue weighted by atomic mass is 9.89. The van der Waals surface area contributed by atoms with Gasteiger partial charge in [0.1, 0.15) is 6.10 Å². The Bertz CT molecular complexity index is 410. The van der Waals surface area contributed by atoms with Crippen LogP contribution < -0.4 is 0 Å². The van der Waals surface area contributed by atoms with Gasteiger partial charge in [0.25, 0.3) is 0 Å². The molecule has 118 valence electrons. The monoisotopic (exact) mass is 290 g/mol. The van der Waals surface area contributed by atoms with E-state index in [9.17, 15) is 5.11 Å². The minimum absolute atomic E-state index is 0.337. The molecule has 1 aromatic rings. The molecule has 1 aromatic carbocycles. The highest BCUT2D eigenvalue weighted by atomic mass is 16.5. The van der Waals surface area contributed by atoms with Crippen LogP contribution in [0.3, 0.4) is 0 Å². The van der Waals surface area contributed by atoms with Crippen molar-refractivity contribution < 1.29 is 9.84 Å².